The summed E-state index contributed by atoms with van der Waals surface area (Å²) in [4.78, 5) is 0. The van der Waals surface area contributed by atoms with Crippen molar-refractivity contribution in [3.63, 3.8) is 0 Å². The molecule has 1 aliphatic rings. The molecule has 3 aromatic rings. The summed E-state index contributed by atoms with van der Waals surface area (Å²) in [6, 6.07) is 19.8. The molecule has 4 rings (SSSR count). The molecule has 0 amide bonds. The highest BCUT2D eigenvalue weighted by molar-refractivity contribution is 5.46. The van der Waals surface area contributed by atoms with Gasteiger partial charge in [0.1, 0.15) is 11.6 Å². The summed E-state index contributed by atoms with van der Waals surface area (Å²) in [6.45, 7) is 5.93. The minimum Gasteiger partial charge on any atom is -0.206 e. The van der Waals surface area contributed by atoms with Crippen molar-refractivity contribution in [1.82, 2.24) is 0 Å². The maximum atomic E-state index is 14.9. The summed E-state index contributed by atoms with van der Waals surface area (Å²) in [6.07, 6.45) is 10.0. The Balaban J connectivity index is 1.40. The molecule has 0 saturated heterocycles. The van der Waals surface area contributed by atoms with Crippen LogP contribution in [-0.2, 0) is 12.8 Å². The van der Waals surface area contributed by atoms with Crippen molar-refractivity contribution in [2.75, 3.05) is 0 Å². The molecular weight excluding hydrogens is 434 g/mol. The van der Waals surface area contributed by atoms with Crippen molar-refractivity contribution in [3.05, 3.63) is 118 Å². The zero-order valence-corrected chi connectivity index (χ0v) is 20.6. The van der Waals surface area contributed by atoms with Gasteiger partial charge in [0.15, 0.2) is 0 Å². The van der Waals surface area contributed by atoms with Crippen molar-refractivity contribution in [1.29, 1.82) is 0 Å². The normalized spacial score (nSPS) is 17.5. The standard InChI is InChI=1S/C33H34F2/c1-3-5-7-25-12-15-27(16-13-25)28-17-19-29(20-18-28)30-22-32(34)31(33(35)23-30)21-14-26-10-8-24(6-4-2)9-11-26/h3,8-13,15-16,22-23,28-29H,1,4-7,17-20H2,2H3/t28-,29-. The highest BCUT2D eigenvalue weighted by Crippen LogP contribution is 2.41. The van der Waals surface area contributed by atoms with Gasteiger partial charge in [-0.1, -0.05) is 67.7 Å². The number of halogens is 2. The van der Waals surface area contributed by atoms with E-state index in [-0.39, 0.29) is 11.5 Å². The molecule has 0 unspecified atom stereocenters. The Bertz CT molecular complexity index is 1160. The van der Waals surface area contributed by atoms with E-state index in [9.17, 15) is 8.78 Å². The van der Waals surface area contributed by atoms with Gasteiger partial charge in [-0.25, -0.2) is 8.78 Å². The van der Waals surface area contributed by atoms with Gasteiger partial charge in [0, 0.05) is 5.56 Å². The molecule has 0 radical (unpaired) electrons. The average molecular weight is 469 g/mol. The van der Waals surface area contributed by atoms with Gasteiger partial charge >= 0.3 is 0 Å². The molecular formula is C33H34F2. The molecule has 0 aliphatic heterocycles. The quantitative estimate of drug-likeness (QED) is 0.240. The molecule has 0 heterocycles. The molecule has 1 saturated carbocycles. The molecule has 35 heavy (non-hydrogen) atoms. The summed E-state index contributed by atoms with van der Waals surface area (Å²) >= 11 is 0. The van der Waals surface area contributed by atoms with E-state index >= 15 is 0 Å². The van der Waals surface area contributed by atoms with Crippen LogP contribution >= 0.6 is 0 Å². The zero-order chi connectivity index (χ0) is 24.6. The molecule has 0 nitrogen and oxygen atoms in total. The third-order valence-corrected chi connectivity index (χ3v) is 7.18. The van der Waals surface area contributed by atoms with Crippen LogP contribution in [0.15, 0.2) is 73.3 Å². The van der Waals surface area contributed by atoms with E-state index in [0.29, 0.717) is 5.92 Å². The third kappa shape index (κ3) is 6.49. The number of allylic oxidation sites excluding steroid dienone is 1. The Labute approximate surface area is 209 Å². The molecule has 1 fully saturated rings. The Morgan fingerprint density at radius 2 is 1.31 bits per heavy atom. The number of benzene rings is 3. The van der Waals surface area contributed by atoms with E-state index in [1.165, 1.54) is 28.8 Å². The minimum absolute atomic E-state index is 0.142. The van der Waals surface area contributed by atoms with E-state index in [0.717, 1.165) is 62.5 Å². The van der Waals surface area contributed by atoms with Crippen molar-refractivity contribution in [2.45, 2.75) is 70.1 Å². The Morgan fingerprint density at radius 3 is 1.89 bits per heavy atom. The van der Waals surface area contributed by atoms with Crippen molar-refractivity contribution >= 4 is 0 Å². The van der Waals surface area contributed by atoms with Crippen LogP contribution in [0.1, 0.15) is 90.7 Å². The summed E-state index contributed by atoms with van der Waals surface area (Å²) in [5.74, 6) is 5.22. The number of hydrogen-bond acceptors (Lipinski definition) is 0. The van der Waals surface area contributed by atoms with Gasteiger partial charge in [-0.2, -0.15) is 0 Å². The molecule has 0 N–H and O–H groups in total. The van der Waals surface area contributed by atoms with Crippen LogP contribution in [0.25, 0.3) is 0 Å². The fraction of sp³-hybridized carbons (Fsp3) is 0.333. The van der Waals surface area contributed by atoms with Gasteiger partial charge in [-0.15, -0.1) is 6.58 Å². The summed E-state index contributed by atoms with van der Waals surface area (Å²) < 4.78 is 29.7. The van der Waals surface area contributed by atoms with Crippen LogP contribution in [0.4, 0.5) is 8.78 Å². The lowest BCUT2D eigenvalue weighted by atomic mass is 9.76. The molecule has 0 spiro atoms. The SMILES string of the molecule is C=CCCc1ccc([C@H]2CC[C@H](c3cc(F)c(C#Cc4ccc(CCC)cc4)c(F)c3)CC2)cc1. The molecule has 1 aliphatic carbocycles. The van der Waals surface area contributed by atoms with E-state index in [4.69, 9.17) is 0 Å². The summed E-state index contributed by atoms with van der Waals surface area (Å²) in [5, 5.41) is 0. The maximum Gasteiger partial charge on any atom is 0.142 e. The first-order chi connectivity index (χ1) is 17.1. The van der Waals surface area contributed by atoms with Crippen LogP contribution in [0.5, 0.6) is 0 Å². The van der Waals surface area contributed by atoms with Crippen LogP contribution < -0.4 is 0 Å². The summed E-state index contributed by atoms with van der Waals surface area (Å²) in [7, 11) is 0. The lowest BCUT2D eigenvalue weighted by Gasteiger charge is -2.29. The number of rotatable bonds is 7. The first-order valence-corrected chi connectivity index (χ1v) is 12.9. The fourth-order valence-corrected chi connectivity index (χ4v) is 5.11. The van der Waals surface area contributed by atoms with Gasteiger partial charge in [0.2, 0.25) is 0 Å². The molecule has 180 valence electrons. The van der Waals surface area contributed by atoms with E-state index < -0.39 is 11.6 Å². The van der Waals surface area contributed by atoms with E-state index in [1.54, 1.807) is 0 Å². The highest BCUT2D eigenvalue weighted by atomic mass is 19.1. The van der Waals surface area contributed by atoms with Gasteiger partial charge in [0.05, 0.1) is 5.56 Å². The van der Waals surface area contributed by atoms with Crippen LogP contribution in [-0.4, -0.2) is 0 Å². The van der Waals surface area contributed by atoms with Gasteiger partial charge in [-0.05, 0) is 103 Å². The highest BCUT2D eigenvalue weighted by Gasteiger charge is 2.25. The van der Waals surface area contributed by atoms with E-state index in [1.807, 2.05) is 30.3 Å². The molecule has 3 aromatic carbocycles. The average Bonchev–Trinajstić information content (AvgIpc) is 2.88. The first-order valence-electron chi connectivity index (χ1n) is 12.9. The van der Waals surface area contributed by atoms with Gasteiger partial charge < -0.3 is 0 Å². The molecule has 2 heteroatoms. The van der Waals surface area contributed by atoms with Crippen molar-refractivity contribution in [2.24, 2.45) is 0 Å². The Hall–Kier alpha value is -3.18. The minimum atomic E-state index is -0.563. The number of hydrogen-bond donors (Lipinski definition) is 0. The predicted molar refractivity (Wildman–Crippen MR) is 142 cm³/mol. The third-order valence-electron chi connectivity index (χ3n) is 7.18. The largest absolute Gasteiger partial charge is 0.206 e. The van der Waals surface area contributed by atoms with Gasteiger partial charge in [0.25, 0.3) is 0 Å². The fourth-order valence-electron chi connectivity index (χ4n) is 5.11. The Morgan fingerprint density at radius 1 is 0.771 bits per heavy atom. The monoisotopic (exact) mass is 468 g/mol. The molecule has 0 aromatic heterocycles. The van der Waals surface area contributed by atoms with Crippen molar-refractivity contribution in [3.8, 4) is 11.8 Å². The molecule has 0 atom stereocenters. The lowest BCUT2D eigenvalue weighted by Crippen LogP contribution is -2.13. The maximum absolute atomic E-state index is 14.9. The van der Waals surface area contributed by atoms with Gasteiger partial charge in [-0.3, -0.25) is 0 Å². The first kappa shape index (κ1) is 24.9. The van der Waals surface area contributed by atoms with Crippen molar-refractivity contribution < 1.29 is 8.78 Å². The second kappa shape index (κ2) is 12.0. The zero-order valence-electron chi connectivity index (χ0n) is 20.6. The number of aryl methyl sites for hydroxylation is 2. The van der Waals surface area contributed by atoms with Crippen LogP contribution in [0.2, 0.25) is 0 Å². The lowest BCUT2D eigenvalue weighted by molar-refractivity contribution is 0.394. The predicted octanol–water partition coefficient (Wildman–Crippen LogP) is 8.88. The Kier molecular flexibility index (Phi) is 8.54. The van der Waals surface area contributed by atoms with E-state index in [2.05, 4.69) is 49.6 Å². The molecule has 0 bridgehead atoms. The van der Waals surface area contributed by atoms with Crippen LogP contribution in [0.3, 0.4) is 0 Å². The van der Waals surface area contributed by atoms with Crippen LogP contribution in [0, 0.1) is 23.5 Å². The topological polar surface area (TPSA) is 0 Å². The smallest absolute Gasteiger partial charge is 0.142 e. The summed E-state index contributed by atoms with van der Waals surface area (Å²) in [5.41, 5.74) is 5.33. The second-order valence-corrected chi connectivity index (χ2v) is 9.67. The second-order valence-electron chi connectivity index (χ2n) is 9.67.